The Balaban J connectivity index is 3.12. The van der Waals surface area contributed by atoms with Crippen molar-refractivity contribution in [1.29, 1.82) is 0 Å². The molecule has 7 heteroatoms. The zero-order chi connectivity index (χ0) is 23.2. The van der Waals surface area contributed by atoms with Crippen LogP contribution >= 0.6 is 0 Å². The van der Waals surface area contributed by atoms with E-state index < -0.39 is 17.4 Å². The van der Waals surface area contributed by atoms with E-state index in [2.05, 4.69) is 17.1 Å². The molecule has 1 saturated heterocycles. The second-order valence-electron chi connectivity index (χ2n) is 9.79. The minimum absolute atomic E-state index is 0.0264. The average molecular weight is 424 g/mol. The number of piperidine rings is 1. The van der Waals surface area contributed by atoms with Crippen LogP contribution < -0.4 is 5.32 Å². The van der Waals surface area contributed by atoms with Crippen LogP contribution in [-0.2, 0) is 14.4 Å². The summed E-state index contributed by atoms with van der Waals surface area (Å²) < 4.78 is 0. The van der Waals surface area contributed by atoms with E-state index in [0.717, 1.165) is 32.4 Å². The molecule has 2 N–H and O–H groups in total. The molecule has 2 amide bonds. The molecule has 0 spiro atoms. The van der Waals surface area contributed by atoms with E-state index in [-0.39, 0.29) is 35.4 Å². The van der Waals surface area contributed by atoms with Crippen LogP contribution in [0.2, 0.25) is 0 Å². The van der Waals surface area contributed by atoms with E-state index in [1.165, 1.54) is 6.92 Å². The highest BCUT2D eigenvalue weighted by Crippen LogP contribution is 2.25. The van der Waals surface area contributed by atoms with Crippen molar-refractivity contribution in [3.63, 3.8) is 0 Å². The first-order valence-electron chi connectivity index (χ1n) is 11.0. The summed E-state index contributed by atoms with van der Waals surface area (Å²) in [4.78, 5) is 41.6. The molecule has 1 rings (SSSR count). The zero-order valence-electron chi connectivity index (χ0n) is 20.0. The van der Waals surface area contributed by atoms with Crippen molar-refractivity contribution in [3.05, 3.63) is 11.6 Å². The molecule has 0 unspecified atom stereocenters. The van der Waals surface area contributed by atoms with Gasteiger partial charge in [-0.25, -0.2) is 4.79 Å². The van der Waals surface area contributed by atoms with Gasteiger partial charge in [0.15, 0.2) is 0 Å². The summed E-state index contributed by atoms with van der Waals surface area (Å²) in [6.07, 6.45) is 4.52. The highest BCUT2D eigenvalue weighted by molar-refractivity contribution is 5.91. The molecule has 0 aromatic heterocycles. The van der Waals surface area contributed by atoms with Gasteiger partial charge in [-0.05, 0) is 44.2 Å². The number of amides is 2. The number of nitrogens with one attached hydrogen (secondary N) is 1. The van der Waals surface area contributed by atoms with Gasteiger partial charge in [-0.3, -0.25) is 14.5 Å². The van der Waals surface area contributed by atoms with Crippen LogP contribution in [0.3, 0.4) is 0 Å². The van der Waals surface area contributed by atoms with Crippen molar-refractivity contribution in [3.8, 4) is 0 Å². The summed E-state index contributed by atoms with van der Waals surface area (Å²) in [5.41, 5.74) is -0.287. The van der Waals surface area contributed by atoms with Gasteiger partial charge in [-0.15, -0.1) is 0 Å². The van der Waals surface area contributed by atoms with Crippen molar-refractivity contribution >= 4 is 17.8 Å². The van der Waals surface area contributed by atoms with Crippen LogP contribution in [-0.4, -0.2) is 71.0 Å². The number of hydrogen-bond acceptors (Lipinski definition) is 4. The Morgan fingerprint density at radius 2 is 1.83 bits per heavy atom. The lowest BCUT2D eigenvalue weighted by Gasteiger charge is -2.39. The molecule has 1 fully saturated rings. The number of hydrogen-bond donors (Lipinski definition) is 2. The predicted octanol–water partition coefficient (Wildman–Crippen LogP) is 2.91. The monoisotopic (exact) mass is 423 g/mol. The third-order valence-corrected chi connectivity index (χ3v) is 5.96. The number of aliphatic carboxylic acids is 1. The van der Waals surface area contributed by atoms with E-state index in [0.29, 0.717) is 0 Å². The van der Waals surface area contributed by atoms with Gasteiger partial charge >= 0.3 is 5.97 Å². The quantitative estimate of drug-likeness (QED) is 0.586. The van der Waals surface area contributed by atoms with Gasteiger partial charge < -0.3 is 15.3 Å². The van der Waals surface area contributed by atoms with Crippen LogP contribution in [0.5, 0.6) is 0 Å². The molecule has 0 aromatic carbocycles. The standard InChI is InChI=1S/C23H41N3O4/c1-9-26-13-11-10-12-17(26)20(27)24-19(23(5,6)7)21(28)25(8)18(15(2)3)14-16(4)22(29)30/h14-15,17-19H,9-13H2,1-8H3,(H,24,27)(H,29,30)/b16-14+/t17-,18-,19-/m1/s1. The van der Waals surface area contributed by atoms with Crippen LogP contribution in [0, 0.1) is 11.3 Å². The summed E-state index contributed by atoms with van der Waals surface area (Å²) in [7, 11) is 1.68. The highest BCUT2D eigenvalue weighted by atomic mass is 16.4. The molecule has 0 radical (unpaired) electrons. The molecule has 1 heterocycles. The van der Waals surface area contributed by atoms with E-state index in [9.17, 15) is 19.5 Å². The molecule has 7 nitrogen and oxygen atoms in total. The Morgan fingerprint density at radius 1 is 1.23 bits per heavy atom. The molecule has 172 valence electrons. The molecule has 3 atom stereocenters. The van der Waals surface area contributed by atoms with Crippen molar-refractivity contribution in [2.24, 2.45) is 11.3 Å². The van der Waals surface area contributed by atoms with Crippen molar-refractivity contribution in [2.45, 2.75) is 85.9 Å². The maximum atomic E-state index is 13.5. The Morgan fingerprint density at radius 3 is 2.30 bits per heavy atom. The van der Waals surface area contributed by atoms with Gasteiger partial charge in [0.05, 0.1) is 12.1 Å². The van der Waals surface area contributed by atoms with E-state index >= 15 is 0 Å². The summed E-state index contributed by atoms with van der Waals surface area (Å²) in [5.74, 6) is -1.28. The van der Waals surface area contributed by atoms with Crippen LogP contribution in [0.15, 0.2) is 11.6 Å². The minimum Gasteiger partial charge on any atom is -0.478 e. The van der Waals surface area contributed by atoms with Crippen molar-refractivity contribution in [2.75, 3.05) is 20.1 Å². The summed E-state index contributed by atoms with van der Waals surface area (Å²) in [5, 5.41) is 12.3. The molecular weight excluding hydrogens is 382 g/mol. The molecule has 1 aliphatic heterocycles. The number of carboxylic acids is 1. The minimum atomic E-state index is -1.00. The van der Waals surface area contributed by atoms with E-state index in [4.69, 9.17) is 0 Å². The van der Waals surface area contributed by atoms with Gasteiger partial charge in [0.25, 0.3) is 0 Å². The molecular formula is C23H41N3O4. The normalized spacial score (nSPS) is 20.6. The fourth-order valence-electron chi connectivity index (χ4n) is 3.98. The Bertz CT molecular complexity index is 651. The summed E-state index contributed by atoms with van der Waals surface area (Å²) >= 11 is 0. The summed E-state index contributed by atoms with van der Waals surface area (Å²) in [6.45, 7) is 15.0. The van der Waals surface area contributed by atoms with E-state index in [1.54, 1.807) is 18.0 Å². The molecule has 0 aromatic rings. The first kappa shape index (κ1) is 26.1. The van der Waals surface area contributed by atoms with Gasteiger partial charge in [0, 0.05) is 12.6 Å². The number of carbonyl (C=O) groups excluding carboxylic acids is 2. The fraction of sp³-hybridized carbons (Fsp3) is 0.783. The lowest BCUT2D eigenvalue weighted by atomic mass is 9.84. The summed E-state index contributed by atoms with van der Waals surface area (Å²) in [6, 6.07) is -1.28. The van der Waals surface area contributed by atoms with Crippen LogP contribution in [0.1, 0.15) is 67.7 Å². The first-order chi connectivity index (χ1) is 13.8. The van der Waals surface area contributed by atoms with Crippen LogP contribution in [0.25, 0.3) is 0 Å². The number of nitrogens with zero attached hydrogens (tertiary/aromatic N) is 2. The molecule has 0 saturated carbocycles. The Hall–Kier alpha value is -1.89. The predicted molar refractivity (Wildman–Crippen MR) is 119 cm³/mol. The fourth-order valence-corrected chi connectivity index (χ4v) is 3.98. The zero-order valence-corrected chi connectivity index (χ0v) is 20.0. The third kappa shape index (κ3) is 6.83. The second kappa shape index (κ2) is 10.9. The number of likely N-dealkylation sites (tertiary alicyclic amines) is 1. The molecule has 30 heavy (non-hydrogen) atoms. The first-order valence-corrected chi connectivity index (χ1v) is 11.0. The van der Waals surface area contributed by atoms with E-state index in [1.807, 2.05) is 34.6 Å². The Labute approximate surface area is 181 Å². The smallest absolute Gasteiger partial charge is 0.331 e. The largest absolute Gasteiger partial charge is 0.478 e. The van der Waals surface area contributed by atoms with Gasteiger partial charge in [-0.1, -0.05) is 54.0 Å². The lowest BCUT2D eigenvalue weighted by Crippen LogP contribution is -2.60. The number of rotatable bonds is 8. The molecule has 0 bridgehead atoms. The van der Waals surface area contributed by atoms with Crippen LogP contribution in [0.4, 0.5) is 0 Å². The maximum Gasteiger partial charge on any atom is 0.331 e. The number of carbonyl (C=O) groups is 3. The number of likely N-dealkylation sites (N-methyl/N-ethyl adjacent to an activating group) is 2. The molecule has 1 aliphatic rings. The van der Waals surface area contributed by atoms with Gasteiger partial charge in [0.1, 0.15) is 6.04 Å². The topological polar surface area (TPSA) is 90.0 Å². The second-order valence-corrected chi connectivity index (χ2v) is 9.79. The third-order valence-electron chi connectivity index (χ3n) is 5.96. The number of carboxylic acid groups (broad SMARTS) is 1. The van der Waals surface area contributed by atoms with Crippen molar-refractivity contribution < 1.29 is 19.5 Å². The maximum absolute atomic E-state index is 13.5. The SMILES string of the molecule is CCN1CCCC[C@@H]1C(=O)N[C@H](C(=O)N(C)[C@H](/C=C(\C)C(=O)O)C(C)C)C(C)(C)C. The Kier molecular flexibility index (Phi) is 9.53. The molecule has 0 aliphatic carbocycles. The lowest BCUT2D eigenvalue weighted by molar-refractivity contribution is -0.141. The van der Waals surface area contributed by atoms with Crippen molar-refractivity contribution in [1.82, 2.24) is 15.1 Å². The van der Waals surface area contributed by atoms with Gasteiger partial charge in [0.2, 0.25) is 11.8 Å². The highest BCUT2D eigenvalue weighted by Gasteiger charge is 2.39. The average Bonchev–Trinajstić information content (AvgIpc) is 2.67. The van der Waals surface area contributed by atoms with Gasteiger partial charge in [-0.2, -0.15) is 0 Å².